The van der Waals surface area contributed by atoms with Crippen molar-refractivity contribution < 1.29 is 9.53 Å². The average Bonchev–Trinajstić information content (AvgIpc) is 2.31. The number of urea groups is 1. The van der Waals surface area contributed by atoms with Crippen LogP contribution in [0.1, 0.15) is 0 Å². The first kappa shape index (κ1) is 16.9. The maximum atomic E-state index is 11.3. The first-order valence-electron chi connectivity index (χ1n) is 6.16. The Morgan fingerprint density at radius 3 is 2.25 bits per heavy atom. The standard InChI is InChI=1S/C13H19Cl2N3O2/c1-17(2)3-4-18(13(16)19)5-6-20-12-8-10(14)7-11(15)9-12/h7-9H,3-6H2,1-2H3,(H2,16,19). The molecule has 0 spiro atoms. The number of carbonyl (C=O) groups excluding carboxylic acids is 1. The first-order valence-corrected chi connectivity index (χ1v) is 6.92. The predicted octanol–water partition coefficient (Wildman–Crippen LogP) is 2.31. The van der Waals surface area contributed by atoms with E-state index >= 15 is 0 Å². The Kier molecular flexibility index (Phi) is 6.91. The van der Waals surface area contributed by atoms with Crippen LogP contribution in [0.15, 0.2) is 18.2 Å². The van der Waals surface area contributed by atoms with Crippen molar-refractivity contribution in [2.75, 3.05) is 40.3 Å². The number of primary amides is 1. The largest absolute Gasteiger partial charge is 0.492 e. The molecule has 0 aliphatic rings. The van der Waals surface area contributed by atoms with Gasteiger partial charge in [-0.3, -0.25) is 0 Å². The molecule has 0 fully saturated rings. The molecule has 0 saturated heterocycles. The van der Waals surface area contributed by atoms with Crippen molar-refractivity contribution in [3.63, 3.8) is 0 Å². The second-order valence-corrected chi connectivity index (χ2v) is 5.46. The Hall–Kier alpha value is -1.17. The van der Waals surface area contributed by atoms with E-state index in [0.29, 0.717) is 35.5 Å². The lowest BCUT2D eigenvalue weighted by molar-refractivity contribution is 0.184. The highest BCUT2D eigenvalue weighted by Crippen LogP contribution is 2.24. The van der Waals surface area contributed by atoms with Crippen molar-refractivity contribution in [3.8, 4) is 5.75 Å². The molecule has 5 nitrogen and oxygen atoms in total. The van der Waals surface area contributed by atoms with Gasteiger partial charge in [0, 0.05) is 23.1 Å². The fourth-order valence-electron chi connectivity index (χ4n) is 1.54. The summed E-state index contributed by atoms with van der Waals surface area (Å²) in [6.45, 7) is 2.04. The zero-order valence-electron chi connectivity index (χ0n) is 11.6. The smallest absolute Gasteiger partial charge is 0.314 e. The number of rotatable bonds is 7. The fraction of sp³-hybridized carbons (Fsp3) is 0.462. The molecule has 0 bridgehead atoms. The zero-order valence-corrected chi connectivity index (χ0v) is 13.1. The summed E-state index contributed by atoms with van der Waals surface area (Å²) >= 11 is 11.7. The molecule has 7 heteroatoms. The van der Waals surface area contributed by atoms with Crippen molar-refractivity contribution in [2.24, 2.45) is 5.73 Å². The summed E-state index contributed by atoms with van der Waals surface area (Å²) < 4.78 is 5.52. The molecule has 112 valence electrons. The van der Waals surface area contributed by atoms with Gasteiger partial charge in [-0.1, -0.05) is 23.2 Å². The summed E-state index contributed by atoms with van der Waals surface area (Å²) in [7, 11) is 3.87. The van der Waals surface area contributed by atoms with Crippen molar-refractivity contribution in [1.29, 1.82) is 0 Å². The molecule has 0 heterocycles. The Morgan fingerprint density at radius 1 is 1.15 bits per heavy atom. The summed E-state index contributed by atoms with van der Waals surface area (Å²) in [5.41, 5.74) is 5.32. The van der Waals surface area contributed by atoms with Gasteiger partial charge in [0.2, 0.25) is 0 Å². The van der Waals surface area contributed by atoms with Gasteiger partial charge in [0.05, 0.1) is 6.54 Å². The Bertz CT molecular complexity index is 435. The molecule has 0 aromatic heterocycles. The van der Waals surface area contributed by atoms with E-state index in [9.17, 15) is 4.79 Å². The molecule has 0 saturated carbocycles. The Labute approximate surface area is 129 Å². The van der Waals surface area contributed by atoms with E-state index < -0.39 is 6.03 Å². The minimum Gasteiger partial charge on any atom is -0.492 e. The van der Waals surface area contributed by atoms with E-state index in [1.54, 1.807) is 18.2 Å². The van der Waals surface area contributed by atoms with E-state index in [-0.39, 0.29) is 0 Å². The third-order valence-electron chi connectivity index (χ3n) is 2.59. The number of likely N-dealkylation sites (N-methyl/N-ethyl adjacent to an activating group) is 1. The van der Waals surface area contributed by atoms with Crippen molar-refractivity contribution in [2.45, 2.75) is 0 Å². The van der Waals surface area contributed by atoms with Gasteiger partial charge in [0.15, 0.2) is 0 Å². The molecule has 0 aliphatic carbocycles. The van der Waals surface area contributed by atoms with Crippen LogP contribution in [0.4, 0.5) is 4.79 Å². The summed E-state index contributed by atoms with van der Waals surface area (Å²) in [6.07, 6.45) is 0. The highest BCUT2D eigenvalue weighted by Gasteiger charge is 2.10. The molecular weight excluding hydrogens is 301 g/mol. The lowest BCUT2D eigenvalue weighted by atomic mass is 10.3. The molecule has 20 heavy (non-hydrogen) atoms. The number of benzene rings is 1. The molecule has 0 atom stereocenters. The molecule has 1 rings (SSSR count). The van der Waals surface area contributed by atoms with Crippen LogP contribution in [-0.2, 0) is 0 Å². The highest BCUT2D eigenvalue weighted by atomic mass is 35.5. The Morgan fingerprint density at radius 2 is 1.75 bits per heavy atom. The van der Waals surface area contributed by atoms with Crippen LogP contribution in [0, 0.1) is 0 Å². The summed E-state index contributed by atoms with van der Waals surface area (Å²) in [5, 5.41) is 1.01. The van der Waals surface area contributed by atoms with Gasteiger partial charge in [-0.2, -0.15) is 0 Å². The van der Waals surface area contributed by atoms with Gasteiger partial charge < -0.3 is 20.3 Å². The van der Waals surface area contributed by atoms with Crippen molar-refractivity contribution in [1.82, 2.24) is 9.80 Å². The topological polar surface area (TPSA) is 58.8 Å². The fourth-order valence-corrected chi connectivity index (χ4v) is 2.04. The van der Waals surface area contributed by atoms with E-state index in [0.717, 1.165) is 6.54 Å². The predicted molar refractivity (Wildman–Crippen MR) is 81.7 cm³/mol. The molecule has 2 N–H and O–H groups in total. The Balaban J connectivity index is 2.45. The number of amides is 2. The first-order chi connectivity index (χ1) is 9.38. The number of nitrogens with zero attached hydrogens (tertiary/aromatic N) is 2. The van der Waals surface area contributed by atoms with Crippen LogP contribution < -0.4 is 10.5 Å². The molecule has 2 amide bonds. The van der Waals surface area contributed by atoms with Gasteiger partial charge in [0.1, 0.15) is 12.4 Å². The monoisotopic (exact) mass is 319 g/mol. The minimum absolute atomic E-state index is 0.326. The van der Waals surface area contributed by atoms with E-state index in [2.05, 4.69) is 0 Å². The SMILES string of the molecule is CN(C)CCN(CCOc1cc(Cl)cc(Cl)c1)C(N)=O. The molecular formula is C13H19Cl2N3O2. The van der Waals surface area contributed by atoms with Gasteiger partial charge in [-0.05, 0) is 32.3 Å². The molecule has 0 radical (unpaired) electrons. The second kappa shape index (κ2) is 8.19. The minimum atomic E-state index is -0.459. The number of halogens is 2. The van der Waals surface area contributed by atoms with Crippen LogP contribution >= 0.6 is 23.2 Å². The molecule has 1 aromatic rings. The van der Waals surface area contributed by atoms with Crippen LogP contribution in [-0.4, -0.2) is 56.2 Å². The van der Waals surface area contributed by atoms with Gasteiger partial charge >= 0.3 is 6.03 Å². The third kappa shape index (κ3) is 6.32. The highest BCUT2D eigenvalue weighted by molar-refractivity contribution is 6.34. The number of hydrogen-bond acceptors (Lipinski definition) is 3. The zero-order chi connectivity index (χ0) is 15.1. The maximum Gasteiger partial charge on any atom is 0.314 e. The van der Waals surface area contributed by atoms with Gasteiger partial charge in [-0.15, -0.1) is 0 Å². The quantitative estimate of drug-likeness (QED) is 0.839. The number of carbonyl (C=O) groups is 1. The van der Waals surface area contributed by atoms with E-state index in [1.165, 1.54) is 4.90 Å². The lowest BCUT2D eigenvalue weighted by Gasteiger charge is -2.22. The number of hydrogen-bond donors (Lipinski definition) is 1. The van der Waals surface area contributed by atoms with Crippen molar-refractivity contribution >= 4 is 29.2 Å². The van der Waals surface area contributed by atoms with E-state index in [4.69, 9.17) is 33.7 Å². The normalized spacial score (nSPS) is 10.7. The van der Waals surface area contributed by atoms with Gasteiger partial charge in [-0.25, -0.2) is 4.79 Å². The second-order valence-electron chi connectivity index (χ2n) is 4.58. The summed E-state index contributed by atoms with van der Waals surface area (Å²) in [4.78, 5) is 14.8. The summed E-state index contributed by atoms with van der Waals surface area (Å²) in [5.74, 6) is 0.569. The van der Waals surface area contributed by atoms with Gasteiger partial charge in [0.25, 0.3) is 0 Å². The number of ether oxygens (including phenoxy) is 1. The number of nitrogens with two attached hydrogens (primary N) is 1. The molecule has 0 aliphatic heterocycles. The van der Waals surface area contributed by atoms with Crippen LogP contribution in [0.2, 0.25) is 10.0 Å². The van der Waals surface area contributed by atoms with Crippen molar-refractivity contribution in [3.05, 3.63) is 28.2 Å². The van der Waals surface area contributed by atoms with Crippen LogP contribution in [0.25, 0.3) is 0 Å². The third-order valence-corrected chi connectivity index (χ3v) is 3.03. The van der Waals surface area contributed by atoms with Crippen LogP contribution in [0.3, 0.4) is 0 Å². The average molecular weight is 320 g/mol. The molecule has 0 unspecified atom stereocenters. The van der Waals surface area contributed by atoms with Crippen LogP contribution in [0.5, 0.6) is 5.75 Å². The maximum absolute atomic E-state index is 11.3. The van der Waals surface area contributed by atoms with E-state index in [1.807, 2.05) is 19.0 Å². The lowest BCUT2D eigenvalue weighted by Crippen LogP contribution is -2.42. The molecule has 1 aromatic carbocycles. The summed E-state index contributed by atoms with van der Waals surface area (Å²) in [6, 6.07) is 4.51.